The standard InChI is InChI=1S/C11H15BrO/c12-11(9-3-1-2-4-9)7-5-10(13)6-8-11/h5-7,9,13H,1-4,8H2. The van der Waals surface area contributed by atoms with Gasteiger partial charge in [-0.15, -0.1) is 0 Å². The topological polar surface area (TPSA) is 20.2 Å². The van der Waals surface area contributed by atoms with Crippen LogP contribution in [0.5, 0.6) is 0 Å². The van der Waals surface area contributed by atoms with Gasteiger partial charge in [0, 0.05) is 0 Å². The van der Waals surface area contributed by atoms with E-state index in [0.29, 0.717) is 5.76 Å². The second-order valence-electron chi connectivity index (χ2n) is 4.07. The lowest BCUT2D eigenvalue weighted by Gasteiger charge is -2.31. The van der Waals surface area contributed by atoms with Gasteiger partial charge < -0.3 is 5.11 Å². The Morgan fingerprint density at radius 1 is 1.38 bits per heavy atom. The quantitative estimate of drug-likeness (QED) is 0.696. The first-order valence-electron chi connectivity index (χ1n) is 4.98. The smallest absolute Gasteiger partial charge is 0.111 e. The van der Waals surface area contributed by atoms with Crippen molar-refractivity contribution < 1.29 is 5.11 Å². The van der Waals surface area contributed by atoms with E-state index in [1.807, 2.05) is 12.2 Å². The number of hydrogen-bond acceptors (Lipinski definition) is 1. The Kier molecular flexibility index (Phi) is 2.50. The van der Waals surface area contributed by atoms with Crippen molar-refractivity contribution in [2.75, 3.05) is 0 Å². The molecule has 0 heterocycles. The molecular formula is C11H15BrO. The van der Waals surface area contributed by atoms with Gasteiger partial charge in [0.1, 0.15) is 5.76 Å². The molecule has 2 rings (SSSR count). The summed E-state index contributed by atoms with van der Waals surface area (Å²) >= 11 is 3.81. The number of halogens is 1. The van der Waals surface area contributed by atoms with Crippen LogP contribution in [0.2, 0.25) is 0 Å². The van der Waals surface area contributed by atoms with Gasteiger partial charge in [0.25, 0.3) is 0 Å². The molecule has 0 aromatic rings. The third-order valence-electron chi connectivity index (χ3n) is 3.19. The van der Waals surface area contributed by atoms with E-state index >= 15 is 0 Å². The number of aliphatic hydroxyl groups excluding tert-OH is 1. The highest BCUT2D eigenvalue weighted by Crippen LogP contribution is 2.44. The predicted molar refractivity (Wildman–Crippen MR) is 58.1 cm³/mol. The molecule has 1 atom stereocenters. The van der Waals surface area contributed by atoms with E-state index in [9.17, 15) is 5.11 Å². The first-order valence-corrected chi connectivity index (χ1v) is 5.77. The van der Waals surface area contributed by atoms with Crippen LogP contribution in [0.4, 0.5) is 0 Å². The maximum Gasteiger partial charge on any atom is 0.111 e. The monoisotopic (exact) mass is 242 g/mol. The van der Waals surface area contributed by atoms with Crippen molar-refractivity contribution in [2.45, 2.75) is 36.4 Å². The Morgan fingerprint density at radius 3 is 2.62 bits per heavy atom. The molecule has 1 fully saturated rings. The lowest BCUT2D eigenvalue weighted by Crippen LogP contribution is -2.28. The van der Waals surface area contributed by atoms with Gasteiger partial charge >= 0.3 is 0 Å². The summed E-state index contributed by atoms with van der Waals surface area (Å²) in [6.45, 7) is 0. The maximum atomic E-state index is 9.24. The Balaban J connectivity index is 2.09. The fourth-order valence-corrected chi connectivity index (χ4v) is 3.08. The van der Waals surface area contributed by atoms with Crippen molar-refractivity contribution in [3.8, 4) is 0 Å². The molecule has 0 aromatic heterocycles. The summed E-state index contributed by atoms with van der Waals surface area (Å²) < 4.78 is 0.135. The Hall–Kier alpha value is -0.240. The van der Waals surface area contributed by atoms with Gasteiger partial charge in [0.15, 0.2) is 0 Å². The molecule has 0 aromatic carbocycles. The van der Waals surface area contributed by atoms with Crippen LogP contribution < -0.4 is 0 Å². The largest absolute Gasteiger partial charge is 0.508 e. The lowest BCUT2D eigenvalue weighted by atomic mass is 9.85. The Labute approximate surface area is 87.7 Å². The number of alkyl halides is 1. The van der Waals surface area contributed by atoms with Gasteiger partial charge in [-0.05, 0) is 37.3 Å². The van der Waals surface area contributed by atoms with Crippen LogP contribution in [0.1, 0.15) is 32.1 Å². The van der Waals surface area contributed by atoms with E-state index in [1.54, 1.807) is 0 Å². The molecule has 1 unspecified atom stereocenters. The fourth-order valence-electron chi connectivity index (χ4n) is 2.33. The molecule has 2 heteroatoms. The highest BCUT2D eigenvalue weighted by Gasteiger charge is 2.36. The molecule has 0 radical (unpaired) electrons. The summed E-state index contributed by atoms with van der Waals surface area (Å²) in [6.07, 6.45) is 12.2. The first kappa shape index (κ1) is 9.32. The van der Waals surface area contributed by atoms with E-state index < -0.39 is 0 Å². The van der Waals surface area contributed by atoms with Crippen molar-refractivity contribution in [3.63, 3.8) is 0 Å². The third-order valence-corrected chi connectivity index (χ3v) is 4.42. The molecule has 1 N–H and O–H groups in total. The molecule has 2 aliphatic carbocycles. The molecule has 0 aliphatic heterocycles. The minimum Gasteiger partial charge on any atom is -0.508 e. The molecule has 0 bridgehead atoms. The molecule has 0 amide bonds. The minimum atomic E-state index is 0.135. The second kappa shape index (κ2) is 3.49. The van der Waals surface area contributed by atoms with Gasteiger partial charge in [-0.2, -0.15) is 0 Å². The van der Waals surface area contributed by atoms with E-state index in [-0.39, 0.29) is 4.32 Å². The van der Waals surface area contributed by atoms with E-state index in [4.69, 9.17) is 0 Å². The average Bonchev–Trinajstić information content (AvgIpc) is 2.63. The van der Waals surface area contributed by atoms with E-state index in [1.165, 1.54) is 25.7 Å². The van der Waals surface area contributed by atoms with Crippen LogP contribution >= 0.6 is 15.9 Å². The molecule has 0 saturated heterocycles. The van der Waals surface area contributed by atoms with Crippen molar-refractivity contribution >= 4 is 15.9 Å². The fraction of sp³-hybridized carbons (Fsp3) is 0.636. The van der Waals surface area contributed by atoms with Crippen LogP contribution in [0.3, 0.4) is 0 Å². The van der Waals surface area contributed by atoms with Crippen LogP contribution in [0, 0.1) is 5.92 Å². The average molecular weight is 243 g/mol. The highest BCUT2D eigenvalue weighted by atomic mass is 79.9. The number of allylic oxidation sites excluding steroid dienone is 3. The zero-order valence-electron chi connectivity index (χ0n) is 7.67. The van der Waals surface area contributed by atoms with E-state index in [0.717, 1.165) is 12.3 Å². The van der Waals surface area contributed by atoms with Gasteiger partial charge in [-0.25, -0.2) is 0 Å². The normalized spacial score (nSPS) is 35.0. The number of rotatable bonds is 1. The predicted octanol–water partition coefficient (Wildman–Crippen LogP) is 3.71. The van der Waals surface area contributed by atoms with Crippen LogP contribution in [0.25, 0.3) is 0 Å². The summed E-state index contributed by atoms with van der Waals surface area (Å²) in [6, 6.07) is 0. The van der Waals surface area contributed by atoms with Crippen molar-refractivity contribution in [1.29, 1.82) is 0 Å². The highest BCUT2D eigenvalue weighted by molar-refractivity contribution is 9.10. The lowest BCUT2D eigenvalue weighted by molar-refractivity contribution is 0.404. The molecule has 1 nitrogen and oxygen atoms in total. The first-order chi connectivity index (χ1) is 6.21. The van der Waals surface area contributed by atoms with Gasteiger partial charge in [-0.3, -0.25) is 0 Å². The summed E-state index contributed by atoms with van der Waals surface area (Å²) in [4.78, 5) is 0. The number of aliphatic hydroxyl groups is 1. The number of hydrogen-bond donors (Lipinski definition) is 1. The van der Waals surface area contributed by atoms with Crippen LogP contribution in [-0.4, -0.2) is 9.43 Å². The zero-order valence-corrected chi connectivity index (χ0v) is 9.26. The summed E-state index contributed by atoms with van der Waals surface area (Å²) in [5.74, 6) is 1.17. The van der Waals surface area contributed by atoms with E-state index in [2.05, 4.69) is 22.0 Å². The summed E-state index contributed by atoms with van der Waals surface area (Å²) in [5, 5.41) is 9.24. The van der Waals surface area contributed by atoms with Crippen molar-refractivity contribution in [3.05, 3.63) is 24.0 Å². The third kappa shape index (κ3) is 1.83. The summed E-state index contributed by atoms with van der Waals surface area (Å²) in [5.41, 5.74) is 0. The van der Waals surface area contributed by atoms with Crippen molar-refractivity contribution in [2.24, 2.45) is 5.92 Å². The van der Waals surface area contributed by atoms with Crippen LogP contribution in [-0.2, 0) is 0 Å². The molecule has 1 saturated carbocycles. The van der Waals surface area contributed by atoms with Crippen LogP contribution in [0.15, 0.2) is 24.0 Å². The molecule has 72 valence electrons. The maximum absolute atomic E-state index is 9.24. The van der Waals surface area contributed by atoms with Gasteiger partial charge in [-0.1, -0.05) is 34.8 Å². The van der Waals surface area contributed by atoms with Crippen molar-refractivity contribution in [1.82, 2.24) is 0 Å². The Morgan fingerprint density at radius 2 is 2.08 bits per heavy atom. The second-order valence-corrected chi connectivity index (χ2v) is 5.55. The molecular weight excluding hydrogens is 228 g/mol. The van der Waals surface area contributed by atoms with Gasteiger partial charge in [0.05, 0.1) is 4.32 Å². The zero-order chi connectivity index (χ0) is 9.31. The molecule has 2 aliphatic rings. The minimum absolute atomic E-state index is 0.135. The van der Waals surface area contributed by atoms with Gasteiger partial charge in [0.2, 0.25) is 0 Å². The SMILES string of the molecule is OC1=CCC(Br)(C2CCCC2)C=C1. The molecule has 13 heavy (non-hydrogen) atoms. The summed E-state index contributed by atoms with van der Waals surface area (Å²) in [7, 11) is 0. The Bertz CT molecular complexity index is 251. The molecule has 0 spiro atoms.